The van der Waals surface area contributed by atoms with E-state index in [0.717, 1.165) is 0 Å². The van der Waals surface area contributed by atoms with E-state index in [1.54, 1.807) is 20.0 Å². The topological polar surface area (TPSA) is 0 Å². The molecule has 0 bridgehead atoms. The van der Waals surface area contributed by atoms with Crippen molar-refractivity contribution in [2.75, 3.05) is 12.3 Å². The van der Waals surface area contributed by atoms with Gasteiger partial charge < -0.3 is 0 Å². The Labute approximate surface area is 319 Å². The minimum Gasteiger partial charge on any atom is -0.0622 e. The maximum Gasteiger partial charge on any atom is -0.0134 e. The van der Waals surface area contributed by atoms with Crippen molar-refractivity contribution in [3.05, 3.63) is 212 Å². The van der Waals surface area contributed by atoms with Crippen LogP contribution in [-0.2, 0) is 20.0 Å². The predicted octanol–water partition coefficient (Wildman–Crippen LogP) is 9.77. The van der Waals surface area contributed by atoms with Crippen LogP contribution >= 0.6 is 33.0 Å². The second-order valence-electron chi connectivity index (χ2n) is 11.3. The molecule has 0 aliphatic carbocycles. The molecule has 50 heavy (non-hydrogen) atoms. The van der Waals surface area contributed by atoms with Crippen molar-refractivity contribution < 1.29 is 20.0 Å². The Kier molecular flexibility index (Phi) is 16.7. The molecule has 0 saturated heterocycles. The van der Waals surface area contributed by atoms with Gasteiger partial charge in [-0.3, -0.25) is 0 Å². The summed E-state index contributed by atoms with van der Waals surface area (Å²) in [5.74, 6) is 0. The quantitative estimate of drug-likeness (QED) is 0.0897. The monoisotopic (exact) mass is 906 g/mol. The third-order valence-corrected chi connectivity index (χ3v) is 15.7. The Bertz CT molecular complexity index is 1630. The molecule has 0 nitrogen and oxygen atoms in total. The van der Waals surface area contributed by atoms with E-state index in [1.807, 2.05) is 0 Å². The normalized spacial score (nSPS) is 10.6. The zero-order valence-electron chi connectivity index (χ0n) is 27.8. The van der Waals surface area contributed by atoms with E-state index in [0.29, 0.717) is 0 Å². The van der Waals surface area contributed by atoms with Crippen molar-refractivity contribution in [2.45, 2.75) is 6.42 Å². The minimum atomic E-state index is -0.446. The zero-order valence-corrected chi connectivity index (χ0v) is 33.5. The number of rotatable bonds is 11. The molecule has 0 radical (unpaired) electrons. The fourth-order valence-electron chi connectivity index (χ4n) is 5.81. The Morgan fingerprint density at radius 1 is 0.280 bits per heavy atom. The van der Waals surface area contributed by atoms with Gasteiger partial charge in [-0.1, -0.05) is 212 Å². The van der Waals surface area contributed by atoms with Gasteiger partial charge in [0, 0.05) is 0 Å². The molecular weight excluding hydrogens is 866 g/mol. The summed E-state index contributed by atoms with van der Waals surface area (Å²) in [5.41, 5.74) is 0. The van der Waals surface area contributed by atoms with Crippen molar-refractivity contribution in [1.82, 2.24) is 0 Å². The molecule has 0 saturated carbocycles. The first-order valence-electron chi connectivity index (χ1n) is 16.7. The van der Waals surface area contributed by atoms with Gasteiger partial charge in [0.15, 0.2) is 0 Å². The number of halogens is 1. The van der Waals surface area contributed by atoms with Crippen molar-refractivity contribution in [1.29, 1.82) is 0 Å². The van der Waals surface area contributed by atoms with Crippen LogP contribution in [0.1, 0.15) is 6.42 Å². The van der Waals surface area contributed by atoms with Gasteiger partial charge >= 0.3 is 29.2 Å². The van der Waals surface area contributed by atoms with Crippen LogP contribution in [0.2, 0.25) is 0 Å². The molecule has 0 unspecified atom stereocenters. The third-order valence-electron chi connectivity index (χ3n) is 8.08. The van der Waals surface area contributed by atoms with Crippen LogP contribution in [0.5, 0.6) is 0 Å². The molecule has 0 heterocycles. The molecule has 7 aromatic rings. The molecule has 254 valence electrons. The molecule has 0 atom stereocenters. The molecule has 0 amide bonds. The second kappa shape index (κ2) is 21.9. The van der Waals surface area contributed by atoms with E-state index >= 15 is 0 Å². The van der Waals surface area contributed by atoms with Gasteiger partial charge in [0.1, 0.15) is 0 Å². The summed E-state index contributed by atoms with van der Waals surface area (Å²) < 4.78 is 0. The Morgan fingerprint density at radius 2 is 0.460 bits per heavy atom. The molecular formula is C45H41AuClP3. The molecule has 7 rings (SSSR count). The summed E-state index contributed by atoms with van der Waals surface area (Å²) in [6.45, 7) is 0. The first kappa shape index (κ1) is 38.1. The molecule has 0 spiro atoms. The molecule has 0 aliphatic heterocycles. The van der Waals surface area contributed by atoms with Gasteiger partial charge in [-0.2, -0.15) is 0 Å². The largest absolute Gasteiger partial charge is 0.0622 e. The Morgan fingerprint density at radius 3 is 0.660 bits per heavy atom. The standard InChI is InChI=1S/C27H26P2.C18H15P.Au.ClH/c1-5-14-24(15-6-1)28(25-16-7-2-8-17-25)22-13-23-29(26-18-9-3-10-19-26)27-20-11-4-12-21-27;1-4-10-16(11-5-1)19(17-12-6-2-7-13-17)18-14-8-3-9-15-18;;/h1-12,14-21H,13,22-23H2;1-15H;;1H/q;;+1;/p-1. The molecule has 0 fully saturated rings. The van der Waals surface area contributed by atoms with E-state index in [4.69, 9.17) is 0 Å². The summed E-state index contributed by atoms with van der Waals surface area (Å²) in [6, 6.07) is 76.6. The van der Waals surface area contributed by atoms with Crippen molar-refractivity contribution in [2.24, 2.45) is 0 Å². The van der Waals surface area contributed by atoms with Crippen LogP contribution in [0, 0.1) is 0 Å². The average molecular weight is 907 g/mol. The van der Waals surface area contributed by atoms with Crippen LogP contribution in [0.4, 0.5) is 0 Å². The molecule has 0 aliphatic rings. The third kappa shape index (κ3) is 11.4. The number of hydrogen-bond donors (Lipinski definition) is 0. The van der Waals surface area contributed by atoms with Gasteiger partial charge in [-0.25, -0.2) is 0 Å². The van der Waals surface area contributed by atoms with Crippen molar-refractivity contribution >= 4 is 70.1 Å². The van der Waals surface area contributed by atoms with E-state index in [2.05, 4.69) is 222 Å². The maximum atomic E-state index is 4.58. The zero-order chi connectivity index (χ0) is 34.6. The van der Waals surface area contributed by atoms with Crippen LogP contribution in [-0.4, -0.2) is 12.3 Å². The first-order valence-corrected chi connectivity index (χ1v) is 23.8. The minimum absolute atomic E-state index is 0.309. The van der Waals surface area contributed by atoms with Crippen LogP contribution < -0.4 is 37.1 Å². The predicted molar refractivity (Wildman–Crippen MR) is 223 cm³/mol. The van der Waals surface area contributed by atoms with E-state index in [-0.39, 0.29) is 15.8 Å². The average Bonchev–Trinajstić information content (AvgIpc) is 3.22. The van der Waals surface area contributed by atoms with E-state index in [9.17, 15) is 0 Å². The molecule has 0 N–H and O–H groups in total. The SMILES string of the molecule is [Cl][Au].c1ccc(P(CCCP(c2ccccc2)c2ccccc2)c2ccccc2)cc1.c1ccc(P(c2ccccc2)c2ccccc2)cc1. The maximum absolute atomic E-state index is 4.58. The second-order valence-corrected chi connectivity index (χ2v) is 18.2. The molecule has 7 aromatic carbocycles. The van der Waals surface area contributed by atoms with Gasteiger partial charge in [-0.15, -0.1) is 0 Å². The van der Waals surface area contributed by atoms with Crippen molar-refractivity contribution in [3.63, 3.8) is 0 Å². The fraction of sp³-hybridized carbons (Fsp3) is 0.0667. The smallest absolute Gasteiger partial charge is 0.0134 e. The van der Waals surface area contributed by atoms with E-state index in [1.165, 1.54) is 55.9 Å². The van der Waals surface area contributed by atoms with Crippen LogP contribution in [0.15, 0.2) is 212 Å². The number of benzene rings is 7. The Balaban J connectivity index is 0.000000200. The van der Waals surface area contributed by atoms with Crippen molar-refractivity contribution in [3.8, 4) is 0 Å². The van der Waals surface area contributed by atoms with Gasteiger partial charge in [-0.05, 0) is 79.6 Å². The number of hydrogen-bond acceptors (Lipinski definition) is 0. The van der Waals surface area contributed by atoms with Crippen LogP contribution in [0.25, 0.3) is 0 Å². The summed E-state index contributed by atoms with van der Waals surface area (Å²) in [4.78, 5) is 0. The van der Waals surface area contributed by atoms with Gasteiger partial charge in [0.25, 0.3) is 0 Å². The summed E-state index contributed by atoms with van der Waals surface area (Å²) in [7, 11) is 3.52. The van der Waals surface area contributed by atoms with Gasteiger partial charge in [0.2, 0.25) is 0 Å². The van der Waals surface area contributed by atoms with Gasteiger partial charge in [0.05, 0.1) is 0 Å². The summed E-state index contributed by atoms with van der Waals surface area (Å²) >= 11 is 1.75. The van der Waals surface area contributed by atoms with Crippen LogP contribution in [0.3, 0.4) is 0 Å². The first-order chi connectivity index (χ1) is 24.9. The van der Waals surface area contributed by atoms with E-state index < -0.39 is 7.92 Å². The summed E-state index contributed by atoms with van der Waals surface area (Å²) in [6.07, 6.45) is 3.72. The summed E-state index contributed by atoms with van der Waals surface area (Å²) in [5, 5.41) is 10.1. The molecule has 5 heteroatoms. The Hall–Kier alpha value is -3.14. The fourth-order valence-corrected chi connectivity index (χ4v) is 13.1. The molecule has 0 aromatic heterocycles.